The van der Waals surface area contributed by atoms with E-state index in [0.717, 1.165) is 11.1 Å². The van der Waals surface area contributed by atoms with Crippen molar-refractivity contribution in [2.75, 3.05) is 5.32 Å². The first-order valence-corrected chi connectivity index (χ1v) is 4.46. The molecule has 76 valence electrons. The van der Waals surface area contributed by atoms with E-state index >= 15 is 0 Å². The molecule has 0 saturated heterocycles. The van der Waals surface area contributed by atoms with Gasteiger partial charge in [-0.15, -0.1) is 0 Å². The Bertz CT molecular complexity index is 342. The summed E-state index contributed by atoms with van der Waals surface area (Å²) < 4.78 is 0. The zero-order valence-electron chi connectivity index (χ0n) is 8.02. The largest absolute Gasteiger partial charge is 0.333 e. The van der Waals surface area contributed by atoms with Gasteiger partial charge in [0.05, 0.1) is 10.7 Å². The molecule has 1 rings (SSSR count). The molecule has 0 aliphatic rings. The van der Waals surface area contributed by atoms with Gasteiger partial charge in [0, 0.05) is 0 Å². The van der Waals surface area contributed by atoms with Gasteiger partial charge in [-0.3, -0.25) is 5.43 Å². The topological polar surface area (TPSA) is 67.2 Å². The van der Waals surface area contributed by atoms with E-state index in [1.807, 2.05) is 25.3 Å². The Labute approximate surface area is 87.4 Å². The molecule has 0 radical (unpaired) electrons. The zero-order chi connectivity index (χ0) is 10.7. The van der Waals surface area contributed by atoms with Gasteiger partial charge in [0.2, 0.25) is 0 Å². The van der Waals surface area contributed by atoms with Crippen LogP contribution in [0.1, 0.15) is 11.1 Å². The van der Waals surface area contributed by atoms with E-state index in [0.29, 0.717) is 10.7 Å². The molecule has 1 aromatic rings. The zero-order valence-corrected chi connectivity index (χ0v) is 8.77. The van der Waals surface area contributed by atoms with Crippen LogP contribution in [-0.2, 0) is 0 Å². The van der Waals surface area contributed by atoms with Gasteiger partial charge in [-0.2, -0.15) is 0 Å². The summed E-state index contributed by atoms with van der Waals surface area (Å²) in [6, 6.07) is 3.22. The summed E-state index contributed by atoms with van der Waals surface area (Å²) in [4.78, 5) is 11.0. The van der Waals surface area contributed by atoms with Gasteiger partial charge >= 0.3 is 6.03 Å². The van der Waals surface area contributed by atoms with Gasteiger partial charge in [-0.05, 0) is 31.0 Å². The van der Waals surface area contributed by atoms with Crippen molar-refractivity contribution in [2.45, 2.75) is 13.8 Å². The van der Waals surface area contributed by atoms with Crippen molar-refractivity contribution in [3.8, 4) is 0 Å². The van der Waals surface area contributed by atoms with E-state index < -0.39 is 6.03 Å². The van der Waals surface area contributed by atoms with Crippen LogP contribution in [0.5, 0.6) is 0 Å². The smallest absolute Gasteiger partial charge is 0.305 e. The number of hydrogen-bond acceptors (Lipinski definition) is 2. The van der Waals surface area contributed by atoms with Gasteiger partial charge in [0.15, 0.2) is 0 Å². The second-order valence-electron chi connectivity index (χ2n) is 3.04. The lowest BCUT2D eigenvalue weighted by atomic mass is 10.1. The number of rotatable bonds is 1. The Morgan fingerprint density at radius 2 is 2.07 bits per heavy atom. The van der Waals surface area contributed by atoms with Crippen LogP contribution in [0, 0.1) is 13.8 Å². The van der Waals surface area contributed by atoms with Crippen LogP contribution in [0.15, 0.2) is 12.1 Å². The summed E-state index contributed by atoms with van der Waals surface area (Å²) >= 11 is 5.95. The van der Waals surface area contributed by atoms with Crippen molar-refractivity contribution in [3.05, 3.63) is 28.3 Å². The first kappa shape index (κ1) is 10.8. The monoisotopic (exact) mass is 213 g/mol. The quantitative estimate of drug-likeness (QED) is 0.379. The molecular weight excluding hydrogens is 202 g/mol. The molecule has 1 aromatic carbocycles. The molecule has 5 heteroatoms. The van der Waals surface area contributed by atoms with Gasteiger partial charge < -0.3 is 5.32 Å². The molecule has 0 atom stereocenters. The van der Waals surface area contributed by atoms with Crippen LogP contribution < -0.4 is 16.6 Å². The molecule has 0 aromatic heterocycles. The number of carbonyl (C=O) groups excluding carboxylic acids is 1. The van der Waals surface area contributed by atoms with Crippen molar-refractivity contribution in [1.29, 1.82) is 0 Å². The molecule has 0 heterocycles. The number of nitrogens with one attached hydrogen (secondary N) is 2. The first-order chi connectivity index (χ1) is 6.54. The number of carbonyl (C=O) groups is 1. The van der Waals surface area contributed by atoms with Gasteiger partial charge in [-0.25, -0.2) is 10.6 Å². The molecular formula is C9H12ClN3O. The second-order valence-corrected chi connectivity index (χ2v) is 3.44. The standard InChI is InChI=1S/C9H12ClN3O/c1-5-3-6(2)8(7(10)4-5)12-9(14)13-11/h3-4H,11H2,1-2H3,(H2,12,13,14). The van der Waals surface area contributed by atoms with Crippen LogP contribution in [0.4, 0.5) is 10.5 Å². The number of hydrogen-bond donors (Lipinski definition) is 3. The first-order valence-electron chi connectivity index (χ1n) is 4.09. The van der Waals surface area contributed by atoms with Crippen molar-refractivity contribution >= 4 is 23.3 Å². The van der Waals surface area contributed by atoms with Crippen LogP contribution in [0.3, 0.4) is 0 Å². The highest BCUT2D eigenvalue weighted by atomic mass is 35.5. The van der Waals surface area contributed by atoms with E-state index in [9.17, 15) is 4.79 Å². The van der Waals surface area contributed by atoms with E-state index in [1.165, 1.54) is 0 Å². The Kier molecular flexibility index (Phi) is 3.33. The van der Waals surface area contributed by atoms with E-state index in [-0.39, 0.29) is 0 Å². The number of hydrazine groups is 1. The molecule has 4 N–H and O–H groups in total. The fraction of sp³-hybridized carbons (Fsp3) is 0.222. The predicted molar refractivity (Wildman–Crippen MR) is 57.3 cm³/mol. The lowest BCUT2D eigenvalue weighted by molar-refractivity contribution is 0.252. The average molecular weight is 214 g/mol. The maximum atomic E-state index is 11.0. The highest BCUT2D eigenvalue weighted by molar-refractivity contribution is 6.34. The Balaban J connectivity index is 3.02. The van der Waals surface area contributed by atoms with Crippen LogP contribution >= 0.6 is 11.6 Å². The van der Waals surface area contributed by atoms with Crippen LogP contribution in [-0.4, -0.2) is 6.03 Å². The third kappa shape index (κ3) is 2.37. The number of nitrogens with two attached hydrogens (primary N) is 1. The van der Waals surface area contributed by atoms with Crippen molar-refractivity contribution < 1.29 is 4.79 Å². The number of amides is 2. The SMILES string of the molecule is Cc1cc(C)c(NC(=O)NN)c(Cl)c1. The molecule has 0 spiro atoms. The third-order valence-electron chi connectivity index (χ3n) is 1.80. The minimum absolute atomic E-state index is 0.487. The fourth-order valence-corrected chi connectivity index (χ4v) is 1.59. The summed E-state index contributed by atoms with van der Waals surface area (Å²) in [5, 5.41) is 3.05. The predicted octanol–water partition coefficient (Wildman–Crippen LogP) is 1.95. The number of anilines is 1. The average Bonchev–Trinajstić information content (AvgIpc) is 2.10. The van der Waals surface area contributed by atoms with E-state index in [2.05, 4.69) is 5.32 Å². The molecule has 0 aliphatic carbocycles. The Morgan fingerprint density at radius 3 is 2.57 bits per heavy atom. The van der Waals surface area contributed by atoms with Crippen molar-refractivity contribution in [3.63, 3.8) is 0 Å². The highest BCUT2D eigenvalue weighted by Gasteiger charge is 2.07. The Hall–Kier alpha value is -1.26. The maximum Gasteiger partial charge on any atom is 0.333 e. The van der Waals surface area contributed by atoms with Crippen molar-refractivity contribution in [1.82, 2.24) is 5.43 Å². The summed E-state index contributed by atoms with van der Waals surface area (Å²) in [6.07, 6.45) is 0. The minimum Gasteiger partial charge on any atom is -0.305 e. The highest BCUT2D eigenvalue weighted by Crippen LogP contribution is 2.26. The van der Waals surface area contributed by atoms with Crippen LogP contribution in [0.25, 0.3) is 0 Å². The fourth-order valence-electron chi connectivity index (χ4n) is 1.22. The van der Waals surface area contributed by atoms with Gasteiger partial charge in [-0.1, -0.05) is 17.7 Å². The molecule has 0 unspecified atom stereocenters. The summed E-state index contributed by atoms with van der Waals surface area (Å²) in [5.41, 5.74) is 4.51. The number of urea groups is 1. The van der Waals surface area contributed by atoms with E-state index in [4.69, 9.17) is 17.4 Å². The normalized spacial score (nSPS) is 9.71. The third-order valence-corrected chi connectivity index (χ3v) is 2.10. The lowest BCUT2D eigenvalue weighted by Gasteiger charge is -2.10. The molecule has 2 amide bonds. The van der Waals surface area contributed by atoms with E-state index in [1.54, 1.807) is 6.07 Å². The molecule has 0 saturated carbocycles. The maximum absolute atomic E-state index is 11.0. The minimum atomic E-state index is -0.487. The molecule has 0 bridgehead atoms. The molecule has 0 aliphatic heterocycles. The molecule has 4 nitrogen and oxygen atoms in total. The summed E-state index contributed by atoms with van der Waals surface area (Å²) in [6.45, 7) is 3.80. The van der Waals surface area contributed by atoms with Gasteiger partial charge in [0.25, 0.3) is 0 Å². The molecule has 14 heavy (non-hydrogen) atoms. The lowest BCUT2D eigenvalue weighted by Crippen LogP contribution is -2.34. The number of halogens is 1. The molecule has 0 fully saturated rings. The summed E-state index contributed by atoms with van der Waals surface area (Å²) in [5.74, 6) is 4.94. The van der Waals surface area contributed by atoms with Crippen molar-refractivity contribution in [2.24, 2.45) is 5.84 Å². The van der Waals surface area contributed by atoms with Gasteiger partial charge in [0.1, 0.15) is 0 Å². The Morgan fingerprint density at radius 1 is 1.43 bits per heavy atom. The summed E-state index contributed by atoms with van der Waals surface area (Å²) in [7, 11) is 0. The van der Waals surface area contributed by atoms with Crippen LogP contribution in [0.2, 0.25) is 5.02 Å². The number of benzene rings is 1. The second kappa shape index (κ2) is 4.30. The number of aryl methyl sites for hydroxylation is 2.